The van der Waals surface area contributed by atoms with Crippen LogP contribution in [0.25, 0.3) is 0 Å². The molecule has 182 valence electrons. The molecule has 6 heterocycles. The molecule has 0 spiro atoms. The van der Waals surface area contributed by atoms with Crippen molar-refractivity contribution in [1.82, 2.24) is 0 Å². The highest BCUT2D eigenvalue weighted by Gasteiger charge is 2.60. The van der Waals surface area contributed by atoms with Crippen LogP contribution in [-0.4, -0.2) is 105 Å². The van der Waals surface area contributed by atoms with E-state index in [0.717, 1.165) is 0 Å². The number of nitrogens with two attached hydrogens (primary N) is 1. The van der Waals surface area contributed by atoms with Gasteiger partial charge in [0, 0.05) is 0 Å². The molecule has 11 heteroatoms. The fourth-order valence-electron chi connectivity index (χ4n) is 5.48. The van der Waals surface area contributed by atoms with Crippen LogP contribution in [0.3, 0.4) is 0 Å². The van der Waals surface area contributed by atoms with Crippen molar-refractivity contribution >= 4 is 0 Å². The third-order valence-corrected chi connectivity index (χ3v) is 6.72. The summed E-state index contributed by atoms with van der Waals surface area (Å²) in [4.78, 5) is 0. The second-order valence-electron chi connectivity index (χ2n) is 10.2. The molecule has 0 aliphatic carbocycles. The SMILES string of the molecule is CC1(C)OC2C3OCC(O3)C(OCC(N)COC3C4COC(O4)C4OC(C)(C)OC34)C2O1. The molecule has 6 saturated heterocycles. The van der Waals surface area contributed by atoms with Crippen LogP contribution >= 0.6 is 0 Å². The van der Waals surface area contributed by atoms with E-state index in [1.807, 2.05) is 27.7 Å². The second kappa shape index (κ2) is 7.79. The molecule has 6 aliphatic rings. The number of hydrogen-bond donors (Lipinski definition) is 1. The van der Waals surface area contributed by atoms with E-state index in [9.17, 15) is 0 Å². The summed E-state index contributed by atoms with van der Waals surface area (Å²) in [5, 5.41) is 0. The summed E-state index contributed by atoms with van der Waals surface area (Å²) in [5.41, 5.74) is 6.35. The maximum atomic E-state index is 6.35. The van der Waals surface area contributed by atoms with E-state index in [1.165, 1.54) is 0 Å². The first-order valence-corrected chi connectivity index (χ1v) is 11.4. The number of hydrogen-bond acceptors (Lipinski definition) is 11. The summed E-state index contributed by atoms with van der Waals surface area (Å²) in [6.07, 6.45) is -3.10. The molecule has 0 aromatic carbocycles. The van der Waals surface area contributed by atoms with Gasteiger partial charge in [-0.05, 0) is 27.7 Å². The third kappa shape index (κ3) is 3.81. The first-order chi connectivity index (χ1) is 15.2. The zero-order valence-corrected chi connectivity index (χ0v) is 18.8. The van der Waals surface area contributed by atoms with Gasteiger partial charge in [-0.25, -0.2) is 0 Å². The summed E-state index contributed by atoms with van der Waals surface area (Å²) in [6.45, 7) is 8.95. The fraction of sp³-hybridized carbons (Fsp3) is 1.00. The van der Waals surface area contributed by atoms with Crippen molar-refractivity contribution in [2.24, 2.45) is 5.73 Å². The summed E-state index contributed by atoms with van der Waals surface area (Å²) >= 11 is 0. The lowest BCUT2D eigenvalue weighted by molar-refractivity contribution is -0.213. The molecule has 0 amide bonds. The molecule has 10 atom stereocenters. The molecule has 0 aromatic heterocycles. The highest BCUT2D eigenvalue weighted by Crippen LogP contribution is 2.43. The molecule has 32 heavy (non-hydrogen) atoms. The monoisotopic (exact) mass is 459 g/mol. The Morgan fingerprint density at radius 3 is 1.56 bits per heavy atom. The molecule has 6 aliphatic heterocycles. The highest BCUT2D eigenvalue weighted by atomic mass is 16.8. The fourth-order valence-corrected chi connectivity index (χ4v) is 5.48. The lowest BCUT2D eigenvalue weighted by atomic mass is 10.0. The van der Waals surface area contributed by atoms with E-state index in [2.05, 4.69) is 0 Å². The lowest BCUT2D eigenvalue weighted by Gasteiger charge is -2.36. The van der Waals surface area contributed by atoms with Gasteiger partial charge in [-0.1, -0.05) is 0 Å². The van der Waals surface area contributed by atoms with Crippen LogP contribution in [-0.2, 0) is 47.4 Å². The molecule has 2 N–H and O–H groups in total. The minimum absolute atomic E-state index is 0.210. The molecule has 0 aromatic rings. The van der Waals surface area contributed by atoms with E-state index in [1.54, 1.807) is 0 Å². The predicted molar refractivity (Wildman–Crippen MR) is 104 cm³/mol. The first kappa shape index (κ1) is 22.1. The molecule has 10 unspecified atom stereocenters. The van der Waals surface area contributed by atoms with Gasteiger partial charge in [-0.15, -0.1) is 0 Å². The Kier molecular flexibility index (Phi) is 5.37. The Bertz CT molecular complexity index is 663. The molecule has 0 radical (unpaired) electrons. The molecule has 4 bridgehead atoms. The van der Waals surface area contributed by atoms with Crippen LogP contribution in [0.5, 0.6) is 0 Å². The minimum Gasteiger partial charge on any atom is -0.371 e. The standard InChI is InChI=1S/C21H33NO10/c1-20(2)29-14-12(10-7-25-18(27-10)16(14)31-20)23-5-9(22)6-24-13-11-8-26-19(28-11)17-15(13)30-21(3,4)32-17/h9-19H,5-8,22H2,1-4H3. The summed E-state index contributed by atoms with van der Waals surface area (Å²) in [7, 11) is 0. The van der Waals surface area contributed by atoms with Crippen LogP contribution in [0.4, 0.5) is 0 Å². The van der Waals surface area contributed by atoms with Gasteiger partial charge in [0.2, 0.25) is 0 Å². The van der Waals surface area contributed by atoms with Gasteiger partial charge in [0.15, 0.2) is 24.2 Å². The Labute approximate surface area is 186 Å². The van der Waals surface area contributed by atoms with Gasteiger partial charge in [0.1, 0.15) is 48.8 Å². The first-order valence-electron chi connectivity index (χ1n) is 11.4. The van der Waals surface area contributed by atoms with Gasteiger partial charge < -0.3 is 53.1 Å². The summed E-state index contributed by atoms with van der Waals surface area (Å²) in [6, 6.07) is -0.363. The number of ether oxygens (including phenoxy) is 10. The van der Waals surface area contributed by atoms with Crippen LogP contribution in [0.15, 0.2) is 0 Å². The summed E-state index contributed by atoms with van der Waals surface area (Å²) in [5.74, 6) is -1.43. The van der Waals surface area contributed by atoms with Crippen molar-refractivity contribution in [3.63, 3.8) is 0 Å². The largest absolute Gasteiger partial charge is 0.371 e. The van der Waals surface area contributed by atoms with Gasteiger partial charge >= 0.3 is 0 Å². The lowest BCUT2D eigenvalue weighted by Crippen LogP contribution is -2.55. The molecule has 6 fully saturated rings. The van der Waals surface area contributed by atoms with Crippen LogP contribution in [0.1, 0.15) is 27.7 Å². The van der Waals surface area contributed by atoms with Gasteiger partial charge in [0.05, 0.1) is 32.5 Å². The number of fused-ring (bicyclic) bond motifs is 8. The Balaban J connectivity index is 1.05. The smallest absolute Gasteiger partial charge is 0.187 e. The average Bonchev–Trinajstić information content (AvgIpc) is 3.46. The molecule has 11 nitrogen and oxygen atoms in total. The average molecular weight is 459 g/mol. The van der Waals surface area contributed by atoms with E-state index in [0.29, 0.717) is 13.2 Å². The zero-order valence-electron chi connectivity index (χ0n) is 18.8. The summed E-state index contributed by atoms with van der Waals surface area (Å²) < 4.78 is 59.8. The van der Waals surface area contributed by atoms with Crippen molar-refractivity contribution in [3.05, 3.63) is 0 Å². The second-order valence-corrected chi connectivity index (χ2v) is 10.2. The highest BCUT2D eigenvalue weighted by molar-refractivity contribution is 5.01. The van der Waals surface area contributed by atoms with Gasteiger partial charge in [-0.2, -0.15) is 0 Å². The van der Waals surface area contributed by atoms with E-state index in [4.69, 9.17) is 53.1 Å². The predicted octanol–water partition coefficient (Wildman–Crippen LogP) is -0.365. The minimum atomic E-state index is -0.713. The Morgan fingerprint density at radius 2 is 1.12 bits per heavy atom. The van der Waals surface area contributed by atoms with Crippen molar-refractivity contribution in [2.75, 3.05) is 26.4 Å². The maximum Gasteiger partial charge on any atom is 0.187 e. The van der Waals surface area contributed by atoms with E-state index in [-0.39, 0.29) is 68.1 Å². The number of rotatable bonds is 6. The van der Waals surface area contributed by atoms with Gasteiger partial charge in [-0.3, -0.25) is 0 Å². The Hall–Kier alpha value is -0.440. The van der Waals surface area contributed by atoms with Gasteiger partial charge in [0.25, 0.3) is 0 Å². The maximum absolute atomic E-state index is 6.35. The third-order valence-electron chi connectivity index (χ3n) is 6.72. The van der Waals surface area contributed by atoms with Crippen LogP contribution in [0.2, 0.25) is 0 Å². The molecule has 6 rings (SSSR count). The quantitative estimate of drug-likeness (QED) is 0.561. The molecular formula is C21H33NO10. The molecular weight excluding hydrogens is 426 g/mol. The van der Waals surface area contributed by atoms with E-state index < -0.39 is 24.2 Å². The van der Waals surface area contributed by atoms with Crippen LogP contribution < -0.4 is 5.73 Å². The normalized spacial score (nSPS) is 50.9. The van der Waals surface area contributed by atoms with E-state index >= 15 is 0 Å². The molecule has 0 saturated carbocycles. The zero-order chi connectivity index (χ0) is 22.3. The van der Waals surface area contributed by atoms with Crippen molar-refractivity contribution in [3.8, 4) is 0 Å². The van der Waals surface area contributed by atoms with Crippen molar-refractivity contribution in [1.29, 1.82) is 0 Å². The van der Waals surface area contributed by atoms with Crippen molar-refractivity contribution < 1.29 is 47.4 Å². The van der Waals surface area contributed by atoms with Crippen LogP contribution in [0, 0.1) is 0 Å². The Morgan fingerprint density at radius 1 is 0.719 bits per heavy atom. The topological polar surface area (TPSA) is 118 Å². The van der Waals surface area contributed by atoms with Crippen molar-refractivity contribution in [2.45, 2.75) is 107 Å².